The van der Waals surface area contributed by atoms with E-state index in [0.29, 0.717) is 23.0 Å². The van der Waals surface area contributed by atoms with E-state index in [1.807, 2.05) is 0 Å². The maximum absolute atomic E-state index is 13.6. The molecule has 0 saturated heterocycles. The molecule has 4 rings (SSSR count). The van der Waals surface area contributed by atoms with Crippen LogP contribution < -0.4 is 5.32 Å². The fraction of sp³-hybridized carbons (Fsp3) is 0.125. The van der Waals surface area contributed by atoms with Gasteiger partial charge in [-0.15, -0.1) is 0 Å². The zero-order chi connectivity index (χ0) is 15.8. The molecule has 1 N–H and O–H groups in total. The largest absolute Gasteiger partial charge is 0.338 e. The van der Waals surface area contributed by atoms with E-state index in [2.05, 4.69) is 20.4 Å². The fourth-order valence-corrected chi connectivity index (χ4v) is 2.65. The Kier molecular flexibility index (Phi) is 3.11. The first-order valence-electron chi connectivity index (χ1n) is 7.04. The van der Waals surface area contributed by atoms with Crippen molar-refractivity contribution in [3.63, 3.8) is 0 Å². The van der Waals surface area contributed by atoms with Crippen LogP contribution in [0, 0.1) is 5.82 Å². The molecule has 1 atom stereocenters. The van der Waals surface area contributed by atoms with Gasteiger partial charge in [0.25, 0.3) is 0 Å². The van der Waals surface area contributed by atoms with Gasteiger partial charge in [0.05, 0.1) is 5.92 Å². The van der Waals surface area contributed by atoms with Crippen molar-refractivity contribution in [2.45, 2.75) is 12.3 Å². The van der Waals surface area contributed by atoms with Gasteiger partial charge in [-0.1, -0.05) is 5.16 Å². The molecule has 23 heavy (non-hydrogen) atoms. The monoisotopic (exact) mass is 310 g/mol. The predicted octanol–water partition coefficient (Wildman–Crippen LogP) is 2.74. The van der Waals surface area contributed by atoms with E-state index in [4.69, 9.17) is 4.52 Å². The minimum Gasteiger partial charge on any atom is -0.338 e. The molecule has 1 aliphatic heterocycles. The average Bonchev–Trinajstić information content (AvgIpc) is 3.05. The Bertz CT molecular complexity index is 879. The number of anilines is 1. The molecule has 2 aromatic heterocycles. The molecule has 0 unspecified atom stereocenters. The topological polar surface area (TPSA) is 80.9 Å². The number of aromatic nitrogens is 3. The first-order chi connectivity index (χ1) is 11.2. The molecule has 1 amide bonds. The lowest BCUT2D eigenvalue weighted by Crippen LogP contribution is -2.23. The number of hydrogen-bond donors (Lipinski definition) is 1. The number of nitrogens with zero attached hydrogens (tertiary/aromatic N) is 3. The number of carbonyl (C=O) groups is 1. The van der Waals surface area contributed by atoms with Crippen molar-refractivity contribution < 1.29 is 13.7 Å². The number of benzene rings is 1. The van der Waals surface area contributed by atoms with Crippen LogP contribution in [0.4, 0.5) is 10.1 Å². The highest BCUT2D eigenvalue weighted by Gasteiger charge is 2.31. The van der Waals surface area contributed by atoms with Crippen LogP contribution >= 0.6 is 0 Å². The van der Waals surface area contributed by atoms with Crippen LogP contribution in [0.1, 0.15) is 23.8 Å². The molecule has 0 spiro atoms. The lowest BCUT2D eigenvalue weighted by Gasteiger charge is -2.22. The molecule has 0 saturated carbocycles. The van der Waals surface area contributed by atoms with E-state index in [1.54, 1.807) is 24.5 Å². The Hall–Kier alpha value is -3.09. The van der Waals surface area contributed by atoms with Gasteiger partial charge in [0.15, 0.2) is 0 Å². The van der Waals surface area contributed by atoms with E-state index < -0.39 is 5.92 Å². The highest BCUT2D eigenvalue weighted by molar-refractivity contribution is 5.95. The zero-order valence-corrected chi connectivity index (χ0v) is 11.9. The second-order valence-electron chi connectivity index (χ2n) is 5.23. The maximum Gasteiger partial charge on any atom is 0.235 e. The quantitative estimate of drug-likeness (QED) is 0.787. The highest BCUT2D eigenvalue weighted by Crippen LogP contribution is 2.37. The van der Waals surface area contributed by atoms with Crippen molar-refractivity contribution in [1.82, 2.24) is 15.1 Å². The number of halogens is 1. The van der Waals surface area contributed by atoms with Gasteiger partial charge in [0, 0.05) is 30.1 Å². The summed E-state index contributed by atoms with van der Waals surface area (Å²) in [5.74, 6) is -0.307. The van der Waals surface area contributed by atoms with Gasteiger partial charge in [0.1, 0.15) is 5.82 Å². The number of hydrogen-bond acceptors (Lipinski definition) is 5. The van der Waals surface area contributed by atoms with E-state index in [1.165, 1.54) is 18.2 Å². The molecule has 114 valence electrons. The number of rotatable bonds is 2. The molecular weight excluding hydrogens is 299 g/mol. The third kappa shape index (κ3) is 2.46. The molecule has 0 aliphatic carbocycles. The normalized spacial score (nSPS) is 16.7. The fourth-order valence-electron chi connectivity index (χ4n) is 2.65. The number of carbonyl (C=O) groups excluding carboxylic acids is 1. The summed E-state index contributed by atoms with van der Waals surface area (Å²) in [6.45, 7) is 0. The van der Waals surface area contributed by atoms with Crippen molar-refractivity contribution in [3.8, 4) is 11.4 Å². The molecule has 1 aromatic carbocycles. The number of nitrogens with one attached hydrogen (secondary N) is 1. The molecule has 0 fully saturated rings. The van der Waals surface area contributed by atoms with Crippen LogP contribution in [-0.4, -0.2) is 21.0 Å². The lowest BCUT2D eigenvalue weighted by molar-refractivity contribution is -0.116. The van der Waals surface area contributed by atoms with Gasteiger partial charge in [0.2, 0.25) is 17.6 Å². The van der Waals surface area contributed by atoms with Gasteiger partial charge < -0.3 is 9.84 Å². The summed E-state index contributed by atoms with van der Waals surface area (Å²) in [5.41, 5.74) is 1.96. The third-order valence-electron chi connectivity index (χ3n) is 3.73. The second-order valence-corrected chi connectivity index (χ2v) is 5.23. The Balaban J connectivity index is 1.76. The molecular formula is C16H11FN4O2. The van der Waals surface area contributed by atoms with E-state index in [0.717, 1.165) is 5.56 Å². The van der Waals surface area contributed by atoms with Gasteiger partial charge in [-0.3, -0.25) is 9.78 Å². The van der Waals surface area contributed by atoms with Gasteiger partial charge in [-0.2, -0.15) is 4.98 Å². The Morgan fingerprint density at radius 1 is 1.22 bits per heavy atom. The maximum atomic E-state index is 13.6. The van der Waals surface area contributed by atoms with Gasteiger partial charge >= 0.3 is 0 Å². The van der Waals surface area contributed by atoms with Crippen LogP contribution in [0.3, 0.4) is 0 Å². The minimum absolute atomic E-state index is 0.133. The summed E-state index contributed by atoms with van der Waals surface area (Å²) < 4.78 is 18.9. The summed E-state index contributed by atoms with van der Waals surface area (Å²) in [7, 11) is 0. The Morgan fingerprint density at radius 2 is 2.04 bits per heavy atom. The molecule has 3 aromatic rings. The van der Waals surface area contributed by atoms with Crippen LogP contribution in [0.25, 0.3) is 11.4 Å². The summed E-state index contributed by atoms with van der Waals surface area (Å²) in [4.78, 5) is 20.2. The zero-order valence-electron chi connectivity index (χ0n) is 11.9. The van der Waals surface area contributed by atoms with Crippen molar-refractivity contribution >= 4 is 11.6 Å². The summed E-state index contributed by atoms with van der Waals surface area (Å²) >= 11 is 0. The Labute approximate surface area is 130 Å². The summed E-state index contributed by atoms with van der Waals surface area (Å²) in [5, 5.41) is 6.66. The van der Waals surface area contributed by atoms with E-state index >= 15 is 0 Å². The number of pyridine rings is 1. The van der Waals surface area contributed by atoms with Crippen molar-refractivity contribution in [3.05, 3.63) is 60.0 Å². The Morgan fingerprint density at radius 3 is 2.87 bits per heavy atom. The van der Waals surface area contributed by atoms with Crippen LogP contribution in [0.15, 0.2) is 47.2 Å². The van der Waals surface area contributed by atoms with Gasteiger partial charge in [-0.25, -0.2) is 4.39 Å². The number of amides is 1. The molecule has 0 radical (unpaired) electrons. The summed E-state index contributed by atoms with van der Waals surface area (Å²) in [6, 6.07) is 7.74. The van der Waals surface area contributed by atoms with Crippen molar-refractivity contribution in [2.75, 3.05) is 5.32 Å². The molecule has 1 aliphatic rings. The molecule has 7 heteroatoms. The molecule has 6 nitrogen and oxygen atoms in total. The van der Waals surface area contributed by atoms with Crippen molar-refractivity contribution in [1.29, 1.82) is 0 Å². The average molecular weight is 310 g/mol. The SMILES string of the molecule is O=C1C[C@@H](c2nc(-c3ccncc3)no2)c2cc(F)ccc2N1. The lowest BCUT2D eigenvalue weighted by atomic mass is 9.90. The van der Waals surface area contributed by atoms with Crippen molar-refractivity contribution in [2.24, 2.45) is 0 Å². The smallest absolute Gasteiger partial charge is 0.235 e. The van der Waals surface area contributed by atoms with Gasteiger partial charge in [-0.05, 0) is 35.9 Å². The molecule has 3 heterocycles. The standard InChI is InChI=1S/C16H11FN4O2/c17-10-1-2-13-11(7-10)12(8-14(22)19-13)16-20-15(21-23-16)9-3-5-18-6-4-9/h1-7,12H,8H2,(H,19,22)/t12-/m1/s1. The minimum atomic E-state index is -0.461. The van der Waals surface area contributed by atoms with E-state index in [9.17, 15) is 9.18 Å². The number of fused-ring (bicyclic) bond motifs is 1. The highest BCUT2D eigenvalue weighted by atomic mass is 19.1. The van der Waals surface area contributed by atoms with E-state index in [-0.39, 0.29) is 18.1 Å². The first-order valence-corrected chi connectivity index (χ1v) is 7.04. The predicted molar refractivity (Wildman–Crippen MR) is 79.0 cm³/mol. The van der Waals surface area contributed by atoms with Crippen LogP contribution in [0.5, 0.6) is 0 Å². The van der Waals surface area contributed by atoms with Crippen LogP contribution in [-0.2, 0) is 4.79 Å². The summed E-state index contributed by atoms with van der Waals surface area (Å²) in [6.07, 6.45) is 3.39. The molecule has 0 bridgehead atoms. The third-order valence-corrected chi connectivity index (χ3v) is 3.73. The first kappa shape index (κ1) is 13.6. The van der Waals surface area contributed by atoms with Crippen LogP contribution in [0.2, 0.25) is 0 Å². The second kappa shape index (κ2) is 5.28.